The molecule has 0 bridgehead atoms. The zero-order valence-electron chi connectivity index (χ0n) is 16.7. The molecule has 2 N–H and O–H groups in total. The fourth-order valence-corrected chi connectivity index (χ4v) is 4.61. The average Bonchev–Trinajstić information content (AvgIpc) is 2.72. The number of fused-ring (bicyclic) bond motifs is 2. The number of anilines is 1. The normalized spacial score (nSPS) is 18.2. The number of nitrogens with one attached hydrogen (secondary N) is 2. The summed E-state index contributed by atoms with van der Waals surface area (Å²) in [6.45, 7) is 1.99. The van der Waals surface area contributed by atoms with Crippen molar-refractivity contribution in [2.45, 2.75) is 50.9 Å². The molecule has 1 amide bonds. The molecule has 0 aromatic heterocycles. The van der Waals surface area contributed by atoms with Crippen molar-refractivity contribution in [2.75, 3.05) is 25.5 Å². The summed E-state index contributed by atoms with van der Waals surface area (Å²) in [5.74, 6) is 1.81. The Morgan fingerprint density at radius 1 is 1.14 bits per heavy atom. The van der Waals surface area contributed by atoms with Gasteiger partial charge in [-0.15, -0.1) is 0 Å². The van der Waals surface area contributed by atoms with Crippen LogP contribution in [0.5, 0.6) is 5.75 Å². The Kier molecular flexibility index (Phi) is 5.96. The number of hydrogen-bond acceptors (Lipinski definition) is 3. The summed E-state index contributed by atoms with van der Waals surface area (Å²) in [5, 5.41) is 6.60. The lowest BCUT2D eigenvalue weighted by Gasteiger charge is -2.27. The highest BCUT2D eigenvalue weighted by molar-refractivity contribution is 5.93. The molecule has 0 saturated carbocycles. The van der Waals surface area contributed by atoms with Gasteiger partial charge in [-0.3, -0.25) is 4.79 Å². The fraction of sp³-hybridized carbons (Fsp3) is 0.458. The average molecular weight is 379 g/mol. The molecule has 0 saturated heterocycles. The van der Waals surface area contributed by atoms with Gasteiger partial charge in [0.1, 0.15) is 5.75 Å². The molecule has 4 rings (SSSR count). The van der Waals surface area contributed by atoms with Crippen molar-refractivity contribution in [3.8, 4) is 5.75 Å². The zero-order valence-corrected chi connectivity index (χ0v) is 16.7. The number of benzene rings is 2. The Hall–Kier alpha value is -2.33. The van der Waals surface area contributed by atoms with Crippen LogP contribution >= 0.6 is 0 Å². The standard InChI is InChI=1S/C24H30N2O2/c1-28-23-7-3-5-20-18(4-2-6-21(20)23)13-15-25-14-12-17-8-9-19-10-11-24(27)26-22(19)16-17/h3,5,7-9,16,18,25H,2,4,6,10-15H2,1H3,(H,26,27). The Morgan fingerprint density at radius 3 is 2.96 bits per heavy atom. The third-order valence-electron chi connectivity index (χ3n) is 6.14. The quantitative estimate of drug-likeness (QED) is 0.709. The van der Waals surface area contributed by atoms with Gasteiger partial charge in [0.05, 0.1) is 7.11 Å². The molecule has 2 aromatic rings. The maximum absolute atomic E-state index is 11.6. The SMILES string of the molecule is COc1cccc2c1CCCC2CCNCCc1ccc2c(c1)NC(=O)CC2. The minimum absolute atomic E-state index is 0.132. The number of rotatable bonds is 7. The third kappa shape index (κ3) is 4.22. The van der Waals surface area contributed by atoms with E-state index in [1.165, 1.54) is 41.5 Å². The highest BCUT2D eigenvalue weighted by Gasteiger charge is 2.22. The molecule has 0 spiro atoms. The maximum atomic E-state index is 11.6. The first kappa shape index (κ1) is 19.0. The van der Waals surface area contributed by atoms with Crippen LogP contribution in [0.1, 0.15) is 53.9 Å². The number of methoxy groups -OCH3 is 1. The van der Waals surface area contributed by atoms with Gasteiger partial charge in [0.25, 0.3) is 0 Å². The highest BCUT2D eigenvalue weighted by Crippen LogP contribution is 2.38. The second kappa shape index (κ2) is 8.78. The van der Waals surface area contributed by atoms with Gasteiger partial charge < -0.3 is 15.4 Å². The van der Waals surface area contributed by atoms with Crippen molar-refractivity contribution in [2.24, 2.45) is 0 Å². The van der Waals surface area contributed by atoms with Crippen molar-refractivity contribution in [3.63, 3.8) is 0 Å². The summed E-state index contributed by atoms with van der Waals surface area (Å²) in [5.41, 5.74) is 6.43. The molecule has 1 heterocycles. The predicted octanol–water partition coefficient (Wildman–Crippen LogP) is 4.22. The van der Waals surface area contributed by atoms with Crippen molar-refractivity contribution in [1.29, 1.82) is 0 Å². The summed E-state index contributed by atoms with van der Waals surface area (Å²) in [6.07, 6.45) is 7.26. The minimum atomic E-state index is 0.132. The van der Waals surface area contributed by atoms with E-state index in [-0.39, 0.29) is 5.91 Å². The van der Waals surface area contributed by atoms with Crippen molar-refractivity contribution in [1.82, 2.24) is 5.32 Å². The second-order valence-electron chi connectivity index (χ2n) is 7.95. The highest BCUT2D eigenvalue weighted by atomic mass is 16.5. The molecule has 1 aliphatic heterocycles. The Morgan fingerprint density at radius 2 is 2.07 bits per heavy atom. The van der Waals surface area contributed by atoms with Gasteiger partial charge in [-0.1, -0.05) is 24.3 Å². The number of carbonyl (C=O) groups is 1. The van der Waals surface area contributed by atoms with Crippen LogP contribution in [0.4, 0.5) is 5.69 Å². The van der Waals surface area contributed by atoms with E-state index in [9.17, 15) is 4.79 Å². The number of hydrogen-bond donors (Lipinski definition) is 2. The number of carbonyl (C=O) groups excluding carboxylic acids is 1. The van der Waals surface area contributed by atoms with Gasteiger partial charge in [0, 0.05) is 12.1 Å². The summed E-state index contributed by atoms with van der Waals surface area (Å²) in [7, 11) is 1.77. The van der Waals surface area contributed by atoms with Crippen LogP contribution in [0.25, 0.3) is 0 Å². The fourth-order valence-electron chi connectivity index (χ4n) is 4.61. The van der Waals surface area contributed by atoms with Gasteiger partial charge in [-0.05, 0) is 91.9 Å². The number of aryl methyl sites for hydroxylation is 1. The van der Waals surface area contributed by atoms with E-state index < -0.39 is 0 Å². The monoisotopic (exact) mass is 378 g/mol. The van der Waals surface area contributed by atoms with Crippen LogP contribution in [0.15, 0.2) is 36.4 Å². The van der Waals surface area contributed by atoms with E-state index in [1.54, 1.807) is 7.11 Å². The smallest absolute Gasteiger partial charge is 0.224 e. The first-order valence-corrected chi connectivity index (χ1v) is 10.5. The molecule has 0 fully saturated rings. The van der Waals surface area contributed by atoms with Crippen molar-refractivity contribution < 1.29 is 9.53 Å². The van der Waals surface area contributed by atoms with Gasteiger partial charge in [-0.2, -0.15) is 0 Å². The predicted molar refractivity (Wildman–Crippen MR) is 113 cm³/mol. The first-order valence-electron chi connectivity index (χ1n) is 10.5. The molecule has 2 aliphatic rings. The lowest BCUT2D eigenvalue weighted by molar-refractivity contribution is -0.116. The lowest BCUT2D eigenvalue weighted by Crippen LogP contribution is -2.22. The van der Waals surface area contributed by atoms with E-state index in [1.807, 2.05) is 0 Å². The van der Waals surface area contributed by atoms with Crippen LogP contribution < -0.4 is 15.4 Å². The largest absolute Gasteiger partial charge is 0.496 e. The van der Waals surface area contributed by atoms with Crippen LogP contribution in [0, 0.1) is 0 Å². The number of ether oxygens (including phenoxy) is 1. The molecule has 4 nitrogen and oxygen atoms in total. The van der Waals surface area contributed by atoms with Crippen LogP contribution in [0.2, 0.25) is 0 Å². The molecule has 1 aliphatic carbocycles. The summed E-state index contributed by atoms with van der Waals surface area (Å²) < 4.78 is 5.56. The maximum Gasteiger partial charge on any atom is 0.224 e. The van der Waals surface area contributed by atoms with E-state index in [0.717, 1.165) is 43.8 Å². The van der Waals surface area contributed by atoms with Crippen LogP contribution in [-0.2, 0) is 24.1 Å². The van der Waals surface area contributed by atoms with E-state index in [2.05, 4.69) is 47.0 Å². The second-order valence-corrected chi connectivity index (χ2v) is 7.95. The van der Waals surface area contributed by atoms with Gasteiger partial charge >= 0.3 is 0 Å². The lowest BCUT2D eigenvalue weighted by atomic mass is 9.80. The molecule has 4 heteroatoms. The Bertz CT molecular complexity index is 846. The number of amides is 1. The van der Waals surface area contributed by atoms with E-state index in [0.29, 0.717) is 12.3 Å². The molecule has 2 aromatic carbocycles. The van der Waals surface area contributed by atoms with Crippen LogP contribution in [-0.4, -0.2) is 26.1 Å². The zero-order chi connectivity index (χ0) is 19.3. The van der Waals surface area contributed by atoms with E-state index >= 15 is 0 Å². The van der Waals surface area contributed by atoms with Gasteiger partial charge in [-0.25, -0.2) is 0 Å². The minimum Gasteiger partial charge on any atom is -0.496 e. The summed E-state index contributed by atoms with van der Waals surface area (Å²) >= 11 is 0. The molecule has 1 unspecified atom stereocenters. The Labute approximate surface area is 167 Å². The molecule has 148 valence electrons. The van der Waals surface area contributed by atoms with Gasteiger partial charge in [0.15, 0.2) is 0 Å². The molecule has 0 radical (unpaired) electrons. The third-order valence-corrected chi connectivity index (χ3v) is 6.14. The Balaban J connectivity index is 1.26. The topological polar surface area (TPSA) is 50.4 Å². The van der Waals surface area contributed by atoms with Gasteiger partial charge in [0.2, 0.25) is 5.91 Å². The molecule has 28 heavy (non-hydrogen) atoms. The molecular weight excluding hydrogens is 348 g/mol. The van der Waals surface area contributed by atoms with Crippen LogP contribution in [0.3, 0.4) is 0 Å². The summed E-state index contributed by atoms with van der Waals surface area (Å²) in [4.78, 5) is 11.6. The van der Waals surface area contributed by atoms with E-state index in [4.69, 9.17) is 4.74 Å². The van der Waals surface area contributed by atoms with Crippen molar-refractivity contribution >= 4 is 11.6 Å². The van der Waals surface area contributed by atoms with Crippen molar-refractivity contribution in [3.05, 3.63) is 58.7 Å². The first-order chi connectivity index (χ1) is 13.7. The summed E-state index contributed by atoms with van der Waals surface area (Å²) in [6, 6.07) is 13.0. The molecule has 1 atom stereocenters. The molecular formula is C24H30N2O2.